The molecule has 6 nitrogen and oxygen atoms in total. The number of piperidine rings is 1. The topological polar surface area (TPSA) is 60.2 Å². The lowest BCUT2D eigenvalue weighted by molar-refractivity contribution is -0.0766. The van der Waals surface area contributed by atoms with Crippen molar-refractivity contribution < 1.29 is 18.3 Å². The number of pyridine rings is 1. The van der Waals surface area contributed by atoms with E-state index in [4.69, 9.17) is 27.9 Å². The quantitative estimate of drug-likeness (QED) is 0.630. The van der Waals surface area contributed by atoms with E-state index in [2.05, 4.69) is 9.97 Å². The Morgan fingerprint density at radius 2 is 2.00 bits per heavy atom. The van der Waals surface area contributed by atoms with Crippen molar-refractivity contribution in [2.24, 2.45) is 7.05 Å². The number of aromatic nitrogens is 3. The van der Waals surface area contributed by atoms with Crippen molar-refractivity contribution in [2.45, 2.75) is 44.6 Å². The van der Waals surface area contributed by atoms with Gasteiger partial charge in [-0.25, -0.2) is 23.5 Å². The Bertz CT molecular complexity index is 895. The number of nitrogens with zero attached hydrogens (tertiary/aromatic N) is 4. The molecule has 1 fully saturated rings. The van der Waals surface area contributed by atoms with Crippen LogP contribution in [0, 0.1) is 0 Å². The van der Waals surface area contributed by atoms with Gasteiger partial charge in [0.05, 0.1) is 12.1 Å². The molecule has 3 rings (SSSR count). The van der Waals surface area contributed by atoms with Gasteiger partial charge < -0.3 is 14.2 Å². The summed E-state index contributed by atoms with van der Waals surface area (Å²) >= 11 is 12.0. The first-order valence-corrected chi connectivity index (χ1v) is 9.16. The van der Waals surface area contributed by atoms with Crippen molar-refractivity contribution in [1.29, 1.82) is 0 Å². The maximum absolute atomic E-state index is 14.4. The molecule has 0 radical (unpaired) electrons. The average molecular weight is 421 g/mol. The molecule has 1 saturated heterocycles. The van der Waals surface area contributed by atoms with Crippen molar-refractivity contribution in [3.8, 4) is 0 Å². The first-order chi connectivity index (χ1) is 12.4. The zero-order valence-electron chi connectivity index (χ0n) is 15.4. The number of likely N-dealkylation sites (tertiary alicyclic amines) is 1. The third kappa shape index (κ3) is 4.27. The minimum absolute atomic E-state index is 0.0699. The first-order valence-electron chi connectivity index (χ1n) is 8.40. The number of alkyl halides is 2. The predicted molar refractivity (Wildman–Crippen MR) is 98.6 cm³/mol. The third-order valence-corrected chi connectivity index (χ3v) is 4.71. The summed E-state index contributed by atoms with van der Waals surface area (Å²) in [6.45, 7) is 4.45. The van der Waals surface area contributed by atoms with Gasteiger partial charge in [-0.3, -0.25) is 0 Å². The minimum Gasteiger partial charge on any atom is -0.444 e. The maximum atomic E-state index is 14.4. The average Bonchev–Trinajstić information content (AvgIpc) is 2.81. The van der Waals surface area contributed by atoms with Crippen LogP contribution in [0.3, 0.4) is 0 Å². The van der Waals surface area contributed by atoms with Gasteiger partial charge >= 0.3 is 6.09 Å². The van der Waals surface area contributed by atoms with Crippen LogP contribution in [0.25, 0.3) is 11.0 Å². The van der Waals surface area contributed by atoms with Crippen molar-refractivity contribution in [3.63, 3.8) is 0 Å². The second-order valence-electron chi connectivity index (χ2n) is 7.75. The molecule has 0 spiro atoms. The van der Waals surface area contributed by atoms with E-state index >= 15 is 0 Å². The molecule has 1 atom stereocenters. The van der Waals surface area contributed by atoms with Gasteiger partial charge in [-0.1, -0.05) is 23.2 Å². The highest BCUT2D eigenvalue weighted by Gasteiger charge is 2.45. The lowest BCUT2D eigenvalue weighted by atomic mass is 9.94. The molecular formula is C17H20Cl2F2N4O2. The molecule has 1 aliphatic heterocycles. The zero-order valence-corrected chi connectivity index (χ0v) is 16.9. The van der Waals surface area contributed by atoms with E-state index in [-0.39, 0.29) is 16.9 Å². The van der Waals surface area contributed by atoms with E-state index in [0.717, 1.165) is 4.90 Å². The van der Waals surface area contributed by atoms with Crippen molar-refractivity contribution in [1.82, 2.24) is 19.4 Å². The number of hydrogen-bond donors (Lipinski definition) is 0. The SMILES string of the molecule is Cn1c(C2CN(C(=O)OC(C)(C)C)CC(F)(F)C2)nc2c(Cl)nc(Cl)cc21. The largest absolute Gasteiger partial charge is 0.444 e. The van der Waals surface area contributed by atoms with E-state index < -0.39 is 36.5 Å². The summed E-state index contributed by atoms with van der Waals surface area (Å²) in [4.78, 5) is 21.7. The Morgan fingerprint density at radius 1 is 1.33 bits per heavy atom. The number of halogens is 4. The molecule has 0 N–H and O–H groups in total. The Kier molecular flexibility index (Phi) is 5.01. The van der Waals surface area contributed by atoms with E-state index in [1.165, 1.54) is 0 Å². The lowest BCUT2D eigenvalue weighted by Gasteiger charge is -2.37. The number of aryl methyl sites for hydroxylation is 1. The lowest BCUT2D eigenvalue weighted by Crippen LogP contribution is -2.50. The van der Waals surface area contributed by atoms with Crippen molar-refractivity contribution in [2.75, 3.05) is 13.1 Å². The number of carbonyl (C=O) groups is 1. The van der Waals surface area contributed by atoms with Crippen LogP contribution in [0.4, 0.5) is 13.6 Å². The fourth-order valence-electron chi connectivity index (χ4n) is 3.24. The van der Waals surface area contributed by atoms with Crippen LogP contribution in [-0.4, -0.2) is 50.1 Å². The number of fused-ring (bicyclic) bond motifs is 1. The van der Waals surface area contributed by atoms with E-state index in [0.29, 0.717) is 16.9 Å². The third-order valence-electron chi connectivity index (χ3n) is 4.26. The van der Waals surface area contributed by atoms with Crippen LogP contribution in [-0.2, 0) is 11.8 Å². The summed E-state index contributed by atoms with van der Waals surface area (Å²) in [5, 5.41) is 0.289. The van der Waals surface area contributed by atoms with Gasteiger partial charge in [-0.05, 0) is 20.8 Å². The Morgan fingerprint density at radius 3 is 2.63 bits per heavy atom. The van der Waals surface area contributed by atoms with Crippen LogP contribution >= 0.6 is 23.2 Å². The molecule has 148 valence electrons. The number of amides is 1. The fraction of sp³-hybridized carbons (Fsp3) is 0.588. The first kappa shape index (κ1) is 20.1. The van der Waals surface area contributed by atoms with Crippen LogP contribution in [0.15, 0.2) is 6.07 Å². The number of ether oxygens (including phenoxy) is 1. The molecule has 0 saturated carbocycles. The van der Waals surface area contributed by atoms with Crippen LogP contribution in [0.2, 0.25) is 10.3 Å². The summed E-state index contributed by atoms with van der Waals surface area (Å²) < 4.78 is 35.7. The van der Waals surface area contributed by atoms with Crippen molar-refractivity contribution in [3.05, 3.63) is 22.2 Å². The molecule has 0 aliphatic carbocycles. The summed E-state index contributed by atoms with van der Waals surface area (Å²) in [5.41, 5.74) is 0.205. The Hall–Kier alpha value is -1.67. The minimum atomic E-state index is -3.06. The predicted octanol–water partition coefficient (Wildman–Crippen LogP) is 4.63. The highest BCUT2D eigenvalue weighted by atomic mass is 35.5. The van der Waals surface area contributed by atoms with Gasteiger partial charge in [0.15, 0.2) is 5.15 Å². The monoisotopic (exact) mass is 420 g/mol. The number of hydrogen-bond acceptors (Lipinski definition) is 4. The van der Waals surface area contributed by atoms with Gasteiger partial charge in [-0.2, -0.15) is 0 Å². The van der Waals surface area contributed by atoms with Gasteiger partial charge in [0.2, 0.25) is 0 Å². The summed E-state index contributed by atoms with van der Waals surface area (Å²) in [6.07, 6.45) is -1.20. The van der Waals surface area contributed by atoms with Crippen molar-refractivity contribution >= 4 is 40.3 Å². The van der Waals surface area contributed by atoms with Gasteiger partial charge in [-0.15, -0.1) is 0 Å². The summed E-state index contributed by atoms with van der Waals surface area (Å²) in [6, 6.07) is 1.58. The molecule has 0 aromatic carbocycles. The second-order valence-corrected chi connectivity index (χ2v) is 8.50. The highest BCUT2D eigenvalue weighted by molar-refractivity contribution is 6.36. The van der Waals surface area contributed by atoms with Crippen LogP contribution in [0.5, 0.6) is 0 Å². The van der Waals surface area contributed by atoms with Gasteiger partial charge in [0.1, 0.15) is 22.1 Å². The molecule has 1 unspecified atom stereocenters. The smallest absolute Gasteiger partial charge is 0.410 e. The highest BCUT2D eigenvalue weighted by Crippen LogP contribution is 2.38. The zero-order chi connectivity index (χ0) is 20.1. The molecule has 1 aliphatic rings. The normalized spacial score (nSPS) is 20.1. The molecule has 10 heteroatoms. The van der Waals surface area contributed by atoms with Crippen LogP contribution < -0.4 is 0 Å². The standard InChI is InChI=1S/C17H20Cl2F2N4O2/c1-16(2,3)27-15(26)25-7-9(6-17(20,21)8-25)14-23-12-10(24(14)4)5-11(18)22-13(12)19/h5,9H,6-8H2,1-4H3. The maximum Gasteiger partial charge on any atom is 0.410 e. The number of carbonyl (C=O) groups excluding carboxylic acids is 1. The molecule has 2 aromatic rings. The molecular weight excluding hydrogens is 401 g/mol. The molecule has 2 aromatic heterocycles. The Labute approximate surface area is 165 Å². The number of imidazole rings is 1. The van der Waals surface area contributed by atoms with Gasteiger partial charge in [0, 0.05) is 32.0 Å². The summed E-state index contributed by atoms with van der Waals surface area (Å²) in [7, 11) is 1.70. The Balaban J connectivity index is 1.96. The van der Waals surface area contributed by atoms with E-state index in [1.807, 2.05) is 0 Å². The molecule has 1 amide bonds. The molecule has 27 heavy (non-hydrogen) atoms. The molecule has 0 bridgehead atoms. The second kappa shape index (κ2) is 6.74. The van der Waals surface area contributed by atoms with Crippen LogP contribution in [0.1, 0.15) is 38.9 Å². The summed E-state index contributed by atoms with van der Waals surface area (Å²) in [5.74, 6) is -3.35. The fourth-order valence-corrected chi connectivity index (χ4v) is 3.70. The molecule has 3 heterocycles. The van der Waals surface area contributed by atoms with E-state index in [9.17, 15) is 13.6 Å². The number of rotatable bonds is 1. The van der Waals surface area contributed by atoms with Gasteiger partial charge in [0.25, 0.3) is 5.92 Å². The van der Waals surface area contributed by atoms with E-state index in [1.54, 1.807) is 38.5 Å².